The minimum absolute atomic E-state index is 0.0914. The number of rotatable bonds is 4. The highest BCUT2D eigenvalue weighted by molar-refractivity contribution is 8.00. The lowest BCUT2D eigenvalue weighted by atomic mass is 10.1. The molecule has 0 aliphatic carbocycles. The van der Waals surface area contributed by atoms with Gasteiger partial charge < -0.3 is 5.73 Å². The van der Waals surface area contributed by atoms with Gasteiger partial charge in [-0.1, -0.05) is 12.1 Å². The van der Waals surface area contributed by atoms with E-state index in [4.69, 9.17) is 11.1 Å². The van der Waals surface area contributed by atoms with E-state index in [1.54, 1.807) is 29.2 Å². The highest BCUT2D eigenvalue weighted by atomic mass is 32.2. The Labute approximate surface area is 107 Å². The van der Waals surface area contributed by atoms with Crippen molar-refractivity contribution < 1.29 is 4.39 Å². The minimum atomic E-state index is -0.361. The summed E-state index contributed by atoms with van der Waals surface area (Å²) < 4.78 is 14.3. The van der Waals surface area contributed by atoms with Crippen LogP contribution in [0.4, 0.5) is 4.39 Å². The second-order valence-electron chi connectivity index (χ2n) is 3.44. The predicted octanol–water partition coefficient (Wildman–Crippen LogP) is 3.46. The fourth-order valence-corrected chi connectivity index (χ4v) is 3.21. The van der Waals surface area contributed by atoms with E-state index >= 15 is 0 Å². The zero-order valence-electron chi connectivity index (χ0n) is 8.94. The molecule has 3 N–H and O–H groups in total. The number of benzene rings is 1. The van der Waals surface area contributed by atoms with E-state index in [0.29, 0.717) is 11.3 Å². The lowest BCUT2D eigenvalue weighted by molar-refractivity contribution is 0.627. The van der Waals surface area contributed by atoms with E-state index in [2.05, 4.69) is 0 Å². The van der Waals surface area contributed by atoms with Gasteiger partial charge in [0.05, 0.1) is 4.21 Å². The highest BCUT2D eigenvalue weighted by Gasteiger charge is 2.07. The number of nitrogen functional groups attached to an aromatic ring is 1. The third-order valence-electron chi connectivity index (χ3n) is 2.23. The van der Waals surface area contributed by atoms with Crippen LogP contribution in [0.25, 0.3) is 0 Å². The molecule has 1 heterocycles. The van der Waals surface area contributed by atoms with Crippen molar-refractivity contribution in [1.82, 2.24) is 0 Å². The first kappa shape index (κ1) is 12.1. The molecule has 0 saturated carbocycles. The van der Waals surface area contributed by atoms with Crippen LogP contribution in [0.3, 0.4) is 0 Å². The first-order valence-electron chi connectivity index (χ1n) is 4.96. The molecule has 2 rings (SSSR count). The van der Waals surface area contributed by atoms with Crippen molar-refractivity contribution in [3.63, 3.8) is 0 Å². The molecule has 0 radical (unpaired) electrons. The van der Waals surface area contributed by atoms with Gasteiger partial charge >= 0.3 is 0 Å². The Kier molecular flexibility index (Phi) is 3.81. The van der Waals surface area contributed by atoms with Crippen LogP contribution in [0, 0.1) is 11.2 Å². The number of hydrogen-bond acceptors (Lipinski definition) is 3. The fourth-order valence-electron chi connectivity index (χ4n) is 1.42. The van der Waals surface area contributed by atoms with Gasteiger partial charge in [-0.25, -0.2) is 4.39 Å². The van der Waals surface area contributed by atoms with Crippen molar-refractivity contribution in [2.75, 3.05) is 0 Å². The maximum absolute atomic E-state index is 13.1. The molecule has 0 unspecified atom stereocenters. The summed E-state index contributed by atoms with van der Waals surface area (Å²) in [4.78, 5) is 0. The molecule has 0 aliphatic heterocycles. The summed E-state index contributed by atoms with van der Waals surface area (Å²) >= 11 is 3.32. The summed E-state index contributed by atoms with van der Waals surface area (Å²) in [7, 11) is 0. The maximum Gasteiger partial charge on any atom is 0.123 e. The van der Waals surface area contributed by atoms with Crippen LogP contribution >= 0.6 is 23.1 Å². The third-order valence-corrected chi connectivity index (χ3v) is 4.41. The number of halogens is 1. The first-order valence-corrected chi connectivity index (χ1v) is 6.82. The highest BCUT2D eigenvalue weighted by Crippen LogP contribution is 2.28. The van der Waals surface area contributed by atoms with Gasteiger partial charge in [0.25, 0.3) is 0 Å². The average Bonchev–Trinajstić information content (AvgIpc) is 2.80. The Bertz CT molecular complexity index is 523. The van der Waals surface area contributed by atoms with Gasteiger partial charge in [-0.3, -0.25) is 5.41 Å². The molecule has 0 aliphatic rings. The molecule has 0 amide bonds. The topological polar surface area (TPSA) is 49.9 Å². The van der Waals surface area contributed by atoms with E-state index in [1.165, 1.54) is 16.3 Å². The molecule has 5 heteroatoms. The van der Waals surface area contributed by atoms with Crippen LogP contribution < -0.4 is 5.73 Å². The van der Waals surface area contributed by atoms with Crippen LogP contribution in [0.2, 0.25) is 0 Å². The molecule has 0 saturated heterocycles. The van der Waals surface area contributed by atoms with Crippen molar-refractivity contribution in [2.24, 2.45) is 5.73 Å². The van der Waals surface area contributed by atoms with Crippen molar-refractivity contribution in [3.8, 4) is 0 Å². The number of hydrogen-bond donors (Lipinski definition) is 2. The molecule has 0 atom stereocenters. The number of thiophene rings is 1. The first-order chi connectivity index (χ1) is 8.16. The average molecular weight is 266 g/mol. The van der Waals surface area contributed by atoms with E-state index in [-0.39, 0.29) is 11.7 Å². The van der Waals surface area contributed by atoms with Gasteiger partial charge in [-0.15, -0.1) is 23.1 Å². The molecule has 0 fully saturated rings. The molecule has 0 spiro atoms. The van der Waals surface area contributed by atoms with Crippen LogP contribution in [0.15, 0.2) is 39.9 Å². The zero-order chi connectivity index (χ0) is 12.3. The fraction of sp³-hybridized carbons (Fsp3) is 0.0833. The predicted molar refractivity (Wildman–Crippen MR) is 71.3 cm³/mol. The van der Waals surface area contributed by atoms with Gasteiger partial charge in [0.1, 0.15) is 11.7 Å². The Morgan fingerprint density at radius 1 is 1.41 bits per heavy atom. The maximum atomic E-state index is 13.1. The van der Waals surface area contributed by atoms with Gasteiger partial charge in [-0.2, -0.15) is 0 Å². The van der Waals surface area contributed by atoms with Crippen LogP contribution in [-0.2, 0) is 5.75 Å². The lowest BCUT2D eigenvalue weighted by Gasteiger charge is -2.07. The summed E-state index contributed by atoms with van der Waals surface area (Å²) in [6, 6.07) is 8.42. The molecule has 2 nitrogen and oxygen atoms in total. The van der Waals surface area contributed by atoms with E-state index in [0.717, 1.165) is 5.56 Å². The number of thioether (sulfide) groups is 1. The van der Waals surface area contributed by atoms with Crippen LogP contribution in [0.1, 0.15) is 11.1 Å². The molecule has 17 heavy (non-hydrogen) atoms. The largest absolute Gasteiger partial charge is 0.384 e. The second-order valence-corrected chi connectivity index (χ2v) is 5.66. The van der Waals surface area contributed by atoms with Crippen molar-refractivity contribution >= 4 is 28.9 Å². The zero-order valence-corrected chi connectivity index (χ0v) is 10.6. The number of amidine groups is 1. The Morgan fingerprint density at radius 3 is 2.88 bits per heavy atom. The van der Waals surface area contributed by atoms with E-state index in [1.807, 2.05) is 17.5 Å². The van der Waals surface area contributed by atoms with Gasteiger partial charge in [-0.05, 0) is 29.1 Å². The monoisotopic (exact) mass is 266 g/mol. The normalized spacial score (nSPS) is 10.4. The molecule has 0 bridgehead atoms. The quantitative estimate of drug-likeness (QED) is 0.506. The van der Waals surface area contributed by atoms with Gasteiger partial charge in [0, 0.05) is 11.3 Å². The van der Waals surface area contributed by atoms with E-state index < -0.39 is 0 Å². The van der Waals surface area contributed by atoms with Gasteiger partial charge in [0.2, 0.25) is 0 Å². The number of nitrogens with two attached hydrogens (primary N) is 1. The minimum Gasteiger partial charge on any atom is -0.384 e. The summed E-state index contributed by atoms with van der Waals surface area (Å²) in [5.74, 6) is 0.238. The Balaban J connectivity index is 2.17. The number of nitrogens with one attached hydrogen (secondary N) is 1. The van der Waals surface area contributed by atoms with Crippen molar-refractivity contribution in [3.05, 3.63) is 52.7 Å². The van der Waals surface area contributed by atoms with Crippen LogP contribution in [-0.4, -0.2) is 5.84 Å². The van der Waals surface area contributed by atoms with Crippen molar-refractivity contribution in [1.29, 1.82) is 5.41 Å². The molecule has 2 aromatic rings. The summed E-state index contributed by atoms with van der Waals surface area (Å²) in [6.07, 6.45) is 0. The van der Waals surface area contributed by atoms with Crippen LogP contribution in [0.5, 0.6) is 0 Å². The standard InChI is InChI=1S/C12H11FN2S2/c13-9-4-3-8(10(6-9)12(14)15)7-17-11-2-1-5-16-11/h1-6H,7H2,(H3,14,15). The van der Waals surface area contributed by atoms with Crippen molar-refractivity contribution in [2.45, 2.75) is 9.96 Å². The molecule has 1 aromatic carbocycles. The Morgan fingerprint density at radius 2 is 2.24 bits per heavy atom. The van der Waals surface area contributed by atoms with Gasteiger partial charge in [0.15, 0.2) is 0 Å². The molecule has 1 aromatic heterocycles. The van der Waals surface area contributed by atoms with E-state index in [9.17, 15) is 4.39 Å². The Hall–Kier alpha value is -1.33. The molecular weight excluding hydrogens is 255 g/mol. The summed E-state index contributed by atoms with van der Waals surface area (Å²) in [6.45, 7) is 0. The molecular formula is C12H11FN2S2. The summed E-state index contributed by atoms with van der Waals surface area (Å²) in [5.41, 5.74) is 6.81. The molecule has 88 valence electrons. The smallest absolute Gasteiger partial charge is 0.123 e. The SMILES string of the molecule is N=C(N)c1cc(F)ccc1CSc1cccs1. The summed E-state index contributed by atoms with van der Waals surface area (Å²) in [5, 5.41) is 9.44. The third kappa shape index (κ3) is 3.08. The second kappa shape index (κ2) is 5.33. The lowest BCUT2D eigenvalue weighted by Crippen LogP contribution is -2.13.